The zero-order valence-corrected chi connectivity index (χ0v) is 21.8. The number of para-hydroxylation sites is 1. The Balaban J connectivity index is 1.70. The highest BCUT2D eigenvalue weighted by Gasteiger charge is 2.56. The van der Waals surface area contributed by atoms with Gasteiger partial charge in [0.15, 0.2) is 0 Å². The highest BCUT2D eigenvalue weighted by Crippen LogP contribution is 2.52. The molecule has 0 aromatic heterocycles. The Morgan fingerprint density at radius 2 is 1.77 bits per heavy atom. The normalized spacial score (nSPS) is 18.9. The molecule has 1 aliphatic carbocycles. The van der Waals surface area contributed by atoms with Gasteiger partial charge in [-0.25, -0.2) is 0 Å². The van der Waals surface area contributed by atoms with Crippen molar-refractivity contribution in [2.75, 3.05) is 46.7 Å². The number of carbonyl (C=O) groups excluding carboxylic acids is 1. The van der Waals surface area contributed by atoms with Crippen molar-refractivity contribution in [1.82, 2.24) is 10.2 Å². The van der Waals surface area contributed by atoms with Crippen molar-refractivity contribution in [3.8, 4) is 16.9 Å². The second-order valence-electron chi connectivity index (χ2n) is 10.0. The molecule has 1 unspecified atom stereocenters. The van der Waals surface area contributed by atoms with E-state index >= 15 is 0 Å². The standard InChI is InChI=1S/C30H37N3O2/c1-7-21-14-11-15-26(28(21)35-6)23-16-24(18-25(17-23)33(4)5)29(34)31-30(20-32(2)3)19-27(30)22-12-9-8-10-13-22/h8-18,27H,7,19-20H2,1-6H3,(H,31,34)/t27-,30?/m0/s1. The van der Waals surface area contributed by atoms with Crippen LogP contribution in [0.5, 0.6) is 5.75 Å². The number of rotatable bonds is 9. The average Bonchev–Trinajstić information content (AvgIpc) is 3.55. The lowest BCUT2D eigenvalue weighted by molar-refractivity contribution is 0.0921. The summed E-state index contributed by atoms with van der Waals surface area (Å²) < 4.78 is 5.80. The smallest absolute Gasteiger partial charge is 0.251 e. The first-order chi connectivity index (χ1) is 16.8. The molecule has 0 saturated heterocycles. The number of aryl methyl sites for hydroxylation is 1. The summed E-state index contributed by atoms with van der Waals surface area (Å²) in [6.07, 6.45) is 1.82. The zero-order valence-electron chi connectivity index (χ0n) is 21.8. The third-order valence-corrected chi connectivity index (χ3v) is 6.93. The molecule has 3 aromatic rings. The van der Waals surface area contributed by atoms with Crippen LogP contribution >= 0.6 is 0 Å². The quantitative estimate of drug-likeness (QED) is 0.465. The summed E-state index contributed by atoms with van der Waals surface area (Å²) in [4.78, 5) is 17.9. The van der Waals surface area contributed by atoms with Gasteiger partial charge in [-0.2, -0.15) is 0 Å². The number of hydrogen-bond donors (Lipinski definition) is 1. The minimum Gasteiger partial charge on any atom is -0.496 e. The van der Waals surface area contributed by atoms with Crippen molar-refractivity contribution in [1.29, 1.82) is 0 Å². The van der Waals surface area contributed by atoms with Crippen LogP contribution in [0.15, 0.2) is 66.7 Å². The molecule has 4 rings (SSSR count). The van der Waals surface area contributed by atoms with Crippen molar-refractivity contribution in [3.63, 3.8) is 0 Å². The maximum absolute atomic E-state index is 13.7. The van der Waals surface area contributed by atoms with Gasteiger partial charge in [0.05, 0.1) is 12.6 Å². The summed E-state index contributed by atoms with van der Waals surface area (Å²) in [6.45, 7) is 2.92. The summed E-state index contributed by atoms with van der Waals surface area (Å²) in [6, 6.07) is 22.8. The number of nitrogens with zero attached hydrogens (tertiary/aromatic N) is 2. The third kappa shape index (κ3) is 5.20. The fourth-order valence-electron chi connectivity index (χ4n) is 5.13. The molecule has 0 spiro atoms. The molecule has 3 aromatic carbocycles. The minimum absolute atomic E-state index is 0.0409. The number of carbonyl (C=O) groups is 1. The molecule has 184 valence electrons. The summed E-state index contributed by atoms with van der Waals surface area (Å²) in [5.41, 5.74) is 5.78. The lowest BCUT2D eigenvalue weighted by atomic mass is 9.97. The largest absolute Gasteiger partial charge is 0.496 e. The molecule has 35 heavy (non-hydrogen) atoms. The fraction of sp³-hybridized carbons (Fsp3) is 0.367. The Morgan fingerprint density at radius 3 is 2.40 bits per heavy atom. The van der Waals surface area contributed by atoms with Gasteiger partial charge in [-0.1, -0.05) is 55.5 Å². The van der Waals surface area contributed by atoms with Gasteiger partial charge in [-0.15, -0.1) is 0 Å². The van der Waals surface area contributed by atoms with Crippen LogP contribution in [0.3, 0.4) is 0 Å². The number of benzene rings is 3. The van der Waals surface area contributed by atoms with Crippen LogP contribution in [0, 0.1) is 0 Å². The topological polar surface area (TPSA) is 44.8 Å². The summed E-state index contributed by atoms with van der Waals surface area (Å²) in [7, 11) is 9.84. The van der Waals surface area contributed by atoms with Crippen LogP contribution in [-0.4, -0.2) is 58.2 Å². The van der Waals surface area contributed by atoms with Crippen LogP contribution in [-0.2, 0) is 6.42 Å². The number of nitrogens with one attached hydrogen (secondary N) is 1. The van der Waals surface area contributed by atoms with Crippen molar-refractivity contribution in [2.24, 2.45) is 0 Å². The van der Waals surface area contributed by atoms with Gasteiger partial charge in [0, 0.05) is 43.4 Å². The second-order valence-corrected chi connectivity index (χ2v) is 10.0. The van der Waals surface area contributed by atoms with Crippen molar-refractivity contribution in [2.45, 2.75) is 31.2 Å². The molecule has 1 aliphatic rings. The molecule has 0 bridgehead atoms. The van der Waals surface area contributed by atoms with E-state index in [4.69, 9.17) is 4.74 Å². The van der Waals surface area contributed by atoms with E-state index in [2.05, 4.69) is 79.8 Å². The number of anilines is 1. The molecule has 2 atom stereocenters. The SMILES string of the molecule is CCc1cccc(-c2cc(C(=O)NC3(CN(C)C)C[C@H]3c3ccccc3)cc(N(C)C)c2)c1OC. The molecule has 1 N–H and O–H groups in total. The Morgan fingerprint density at radius 1 is 1.03 bits per heavy atom. The van der Waals surface area contributed by atoms with Gasteiger partial charge >= 0.3 is 0 Å². The minimum atomic E-state index is -0.268. The first kappa shape index (κ1) is 24.8. The van der Waals surface area contributed by atoms with Gasteiger partial charge in [-0.3, -0.25) is 4.79 Å². The number of amides is 1. The zero-order chi connectivity index (χ0) is 25.2. The van der Waals surface area contributed by atoms with E-state index in [1.807, 2.05) is 37.2 Å². The summed E-state index contributed by atoms with van der Waals surface area (Å²) >= 11 is 0. The van der Waals surface area contributed by atoms with E-state index in [1.54, 1.807) is 7.11 Å². The van der Waals surface area contributed by atoms with Crippen molar-refractivity contribution < 1.29 is 9.53 Å². The predicted octanol–water partition coefficient (Wildman–Crippen LogP) is 5.21. The van der Waals surface area contributed by atoms with E-state index < -0.39 is 0 Å². The molecule has 1 fully saturated rings. The monoisotopic (exact) mass is 471 g/mol. The molecular weight excluding hydrogens is 434 g/mol. The summed E-state index contributed by atoms with van der Waals surface area (Å²) in [5, 5.41) is 3.43. The van der Waals surface area contributed by atoms with E-state index in [0.29, 0.717) is 11.5 Å². The molecular formula is C30H37N3O2. The Labute approximate surface area is 209 Å². The molecule has 5 nitrogen and oxygen atoms in total. The average molecular weight is 472 g/mol. The molecule has 0 heterocycles. The van der Waals surface area contributed by atoms with E-state index in [-0.39, 0.29) is 11.4 Å². The predicted molar refractivity (Wildman–Crippen MR) is 145 cm³/mol. The molecule has 0 aliphatic heterocycles. The van der Waals surface area contributed by atoms with E-state index in [9.17, 15) is 4.79 Å². The van der Waals surface area contributed by atoms with E-state index in [1.165, 1.54) is 5.56 Å². The number of likely N-dealkylation sites (N-methyl/N-ethyl adjacent to an activating group) is 1. The second kappa shape index (κ2) is 10.1. The van der Waals surface area contributed by atoms with Crippen LogP contribution in [0.25, 0.3) is 11.1 Å². The van der Waals surface area contributed by atoms with Crippen molar-refractivity contribution in [3.05, 3.63) is 83.4 Å². The first-order valence-electron chi connectivity index (χ1n) is 12.3. The highest BCUT2D eigenvalue weighted by molar-refractivity contribution is 5.98. The lowest BCUT2D eigenvalue weighted by Gasteiger charge is -2.24. The molecule has 1 amide bonds. The highest BCUT2D eigenvalue weighted by atomic mass is 16.5. The Bertz CT molecular complexity index is 1190. The van der Waals surface area contributed by atoms with E-state index in [0.717, 1.165) is 47.5 Å². The molecule has 1 saturated carbocycles. The molecule has 0 radical (unpaired) electrons. The number of ether oxygens (including phenoxy) is 1. The van der Waals surface area contributed by atoms with Gasteiger partial charge < -0.3 is 19.9 Å². The van der Waals surface area contributed by atoms with Crippen LogP contribution < -0.4 is 15.0 Å². The number of methoxy groups -OCH3 is 1. The fourth-order valence-corrected chi connectivity index (χ4v) is 5.13. The lowest BCUT2D eigenvalue weighted by Crippen LogP contribution is -2.45. The number of hydrogen-bond acceptors (Lipinski definition) is 4. The van der Waals surface area contributed by atoms with Gasteiger partial charge in [-0.05, 0) is 61.8 Å². The van der Waals surface area contributed by atoms with Gasteiger partial charge in [0.25, 0.3) is 5.91 Å². The van der Waals surface area contributed by atoms with Gasteiger partial charge in [0.2, 0.25) is 0 Å². The maximum atomic E-state index is 13.7. The van der Waals surface area contributed by atoms with Crippen molar-refractivity contribution >= 4 is 11.6 Å². The van der Waals surface area contributed by atoms with Crippen LogP contribution in [0.1, 0.15) is 40.7 Å². The summed E-state index contributed by atoms with van der Waals surface area (Å²) in [5.74, 6) is 1.14. The molecule has 5 heteroatoms. The first-order valence-corrected chi connectivity index (χ1v) is 12.3. The van der Waals surface area contributed by atoms with Crippen LogP contribution in [0.4, 0.5) is 5.69 Å². The van der Waals surface area contributed by atoms with Crippen LogP contribution in [0.2, 0.25) is 0 Å². The Kier molecular flexibility index (Phi) is 7.18. The Hall–Kier alpha value is -3.31. The third-order valence-electron chi connectivity index (χ3n) is 6.93. The maximum Gasteiger partial charge on any atom is 0.251 e. The van der Waals surface area contributed by atoms with Gasteiger partial charge in [0.1, 0.15) is 5.75 Å².